The highest BCUT2D eigenvalue weighted by atomic mass is 79.9. The van der Waals surface area contributed by atoms with Crippen molar-refractivity contribution in [3.05, 3.63) is 68.9 Å². The zero-order valence-corrected chi connectivity index (χ0v) is 12.8. The fourth-order valence-electron chi connectivity index (χ4n) is 2.10. The van der Waals surface area contributed by atoms with E-state index in [4.69, 9.17) is 17.3 Å². The molecule has 4 heteroatoms. The van der Waals surface area contributed by atoms with Crippen LogP contribution in [0.4, 0.5) is 4.39 Å². The van der Waals surface area contributed by atoms with Crippen molar-refractivity contribution in [2.24, 2.45) is 5.73 Å². The van der Waals surface area contributed by atoms with Gasteiger partial charge in [0.25, 0.3) is 0 Å². The molecule has 0 amide bonds. The van der Waals surface area contributed by atoms with Crippen LogP contribution in [0.3, 0.4) is 0 Å². The molecule has 2 N–H and O–H groups in total. The van der Waals surface area contributed by atoms with Crippen molar-refractivity contribution in [2.45, 2.75) is 18.9 Å². The van der Waals surface area contributed by atoms with Gasteiger partial charge in [-0.25, -0.2) is 4.39 Å². The summed E-state index contributed by atoms with van der Waals surface area (Å²) in [6.07, 6.45) is 0.377. The Balaban J connectivity index is 2.36. The van der Waals surface area contributed by atoms with E-state index in [0.717, 1.165) is 10.0 Å². The van der Waals surface area contributed by atoms with E-state index in [1.54, 1.807) is 12.1 Å². The zero-order valence-electron chi connectivity index (χ0n) is 10.5. The van der Waals surface area contributed by atoms with Gasteiger partial charge >= 0.3 is 0 Å². The first kappa shape index (κ1) is 14.5. The maximum Gasteiger partial charge on any atom is 0.145 e. The van der Waals surface area contributed by atoms with E-state index in [-0.39, 0.29) is 5.02 Å². The van der Waals surface area contributed by atoms with Crippen LogP contribution in [0.15, 0.2) is 46.9 Å². The molecule has 0 aliphatic carbocycles. The molecule has 19 heavy (non-hydrogen) atoms. The monoisotopic (exact) mass is 341 g/mol. The second kappa shape index (κ2) is 5.61. The van der Waals surface area contributed by atoms with Crippen LogP contribution < -0.4 is 5.73 Å². The molecule has 1 nitrogen and oxygen atoms in total. The molecule has 1 atom stereocenters. The lowest BCUT2D eigenvalue weighted by Crippen LogP contribution is -2.36. The quantitative estimate of drug-likeness (QED) is 0.862. The molecule has 0 radical (unpaired) electrons. The van der Waals surface area contributed by atoms with Gasteiger partial charge in [-0.1, -0.05) is 57.9 Å². The Labute approximate surface area is 125 Å². The first-order valence-corrected chi connectivity index (χ1v) is 7.06. The lowest BCUT2D eigenvalue weighted by Gasteiger charge is -2.27. The highest BCUT2D eigenvalue weighted by Crippen LogP contribution is 2.30. The third kappa shape index (κ3) is 3.16. The Morgan fingerprint density at radius 1 is 1.21 bits per heavy atom. The maximum atomic E-state index is 13.9. The SMILES string of the molecule is CC(N)(Cc1cccc(Cl)c1F)c1ccccc1Br. The van der Waals surface area contributed by atoms with Crippen LogP contribution in [0.1, 0.15) is 18.1 Å². The van der Waals surface area contributed by atoms with Crippen molar-refractivity contribution in [3.63, 3.8) is 0 Å². The summed E-state index contributed by atoms with van der Waals surface area (Å²) in [5, 5.41) is 0.125. The van der Waals surface area contributed by atoms with Crippen LogP contribution in [-0.2, 0) is 12.0 Å². The minimum atomic E-state index is -0.675. The Kier molecular flexibility index (Phi) is 4.29. The molecule has 0 saturated carbocycles. The van der Waals surface area contributed by atoms with E-state index < -0.39 is 11.4 Å². The topological polar surface area (TPSA) is 26.0 Å². The summed E-state index contributed by atoms with van der Waals surface area (Å²) in [6.45, 7) is 1.88. The Hall–Kier alpha value is -0.900. The van der Waals surface area contributed by atoms with Gasteiger partial charge in [-0.15, -0.1) is 0 Å². The largest absolute Gasteiger partial charge is 0.321 e. The summed E-state index contributed by atoms with van der Waals surface area (Å²) in [4.78, 5) is 0. The van der Waals surface area contributed by atoms with E-state index in [1.165, 1.54) is 6.07 Å². The molecular formula is C15H14BrClFN. The fraction of sp³-hybridized carbons (Fsp3) is 0.200. The average molecular weight is 343 g/mol. The number of benzene rings is 2. The van der Waals surface area contributed by atoms with Crippen molar-refractivity contribution in [1.29, 1.82) is 0 Å². The summed E-state index contributed by atoms with van der Waals surface area (Å²) in [5.41, 5.74) is 7.14. The smallest absolute Gasteiger partial charge is 0.145 e. The first-order valence-electron chi connectivity index (χ1n) is 5.88. The third-order valence-electron chi connectivity index (χ3n) is 3.08. The van der Waals surface area contributed by atoms with Crippen molar-refractivity contribution in [1.82, 2.24) is 0 Å². The normalized spacial score (nSPS) is 14.2. The van der Waals surface area contributed by atoms with Crippen LogP contribution in [0.2, 0.25) is 5.02 Å². The Bertz CT molecular complexity index is 598. The number of rotatable bonds is 3. The summed E-state index contributed by atoms with van der Waals surface area (Å²) in [7, 11) is 0. The van der Waals surface area contributed by atoms with Gasteiger partial charge < -0.3 is 5.73 Å². The van der Waals surface area contributed by atoms with Gasteiger partial charge in [-0.3, -0.25) is 0 Å². The molecule has 0 saturated heterocycles. The van der Waals surface area contributed by atoms with Crippen molar-refractivity contribution in [3.8, 4) is 0 Å². The maximum absolute atomic E-state index is 13.9. The van der Waals surface area contributed by atoms with Gasteiger partial charge in [-0.2, -0.15) is 0 Å². The van der Waals surface area contributed by atoms with Crippen LogP contribution in [-0.4, -0.2) is 0 Å². The molecule has 1 unspecified atom stereocenters. The molecule has 0 aliphatic heterocycles. The molecule has 0 heterocycles. The third-order valence-corrected chi connectivity index (χ3v) is 4.06. The molecule has 0 spiro atoms. The van der Waals surface area contributed by atoms with Gasteiger partial charge in [-0.05, 0) is 36.6 Å². The second-order valence-corrected chi connectivity index (χ2v) is 6.05. The minimum absolute atomic E-state index is 0.125. The van der Waals surface area contributed by atoms with Crippen LogP contribution in [0, 0.1) is 5.82 Å². The van der Waals surface area contributed by atoms with Crippen molar-refractivity contribution in [2.75, 3.05) is 0 Å². The van der Waals surface area contributed by atoms with Gasteiger partial charge in [0.1, 0.15) is 5.82 Å². The number of hydrogen-bond donors (Lipinski definition) is 1. The van der Waals surface area contributed by atoms with Crippen LogP contribution in [0.25, 0.3) is 0 Å². The molecule has 2 aromatic rings. The minimum Gasteiger partial charge on any atom is -0.321 e. The molecule has 0 fully saturated rings. The van der Waals surface area contributed by atoms with Gasteiger partial charge in [0.05, 0.1) is 5.02 Å². The van der Waals surface area contributed by atoms with E-state index in [0.29, 0.717) is 12.0 Å². The van der Waals surface area contributed by atoms with Crippen molar-refractivity contribution < 1.29 is 4.39 Å². The lowest BCUT2D eigenvalue weighted by atomic mass is 9.86. The molecule has 0 aromatic heterocycles. The second-order valence-electron chi connectivity index (χ2n) is 4.79. The number of hydrogen-bond acceptors (Lipinski definition) is 1. The average Bonchev–Trinajstić information content (AvgIpc) is 2.35. The molecule has 2 rings (SSSR count). The summed E-state index contributed by atoms with van der Waals surface area (Å²) in [6, 6.07) is 12.7. The molecular weight excluding hydrogens is 329 g/mol. The highest BCUT2D eigenvalue weighted by molar-refractivity contribution is 9.10. The first-order chi connectivity index (χ1) is 8.92. The molecule has 2 aromatic carbocycles. The van der Waals surface area contributed by atoms with Crippen molar-refractivity contribution >= 4 is 27.5 Å². The predicted molar refractivity (Wildman–Crippen MR) is 80.8 cm³/mol. The van der Waals surface area contributed by atoms with Crippen LogP contribution >= 0.6 is 27.5 Å². The Morgan fingerprint density at radius 3 is 2.58 bits per heavy atom. The van der Waals surface area contributed by atoms with Crippen LogP contribution in [0.5, 0.6) is 0 Å². The molecule has 0 bridgehead atoms. The Morgan fingerprint density at radius 2 is 1.89 bits per heavy atom. The van der Waals surface area contributed by atoms with E-state index in [1.807, 2.05) is 31.2 Å². The van der Waals surface area contributed by atoms with E-state index in [9.17, 15) is 4.39 Å². The standard InChI is InChI=1S/C15H14BrClFN/c1-15(19,11-6-2-3-7-12(11)16)9-10-5-4-8-13(17)14(10)18/h2-8H,9,19H2,1H3. The zero-order chi connectivity index (χ0) is 14.0. The number of nitrogens with two attached hydrogens (primary N) is 1. The predicted octanol–water partition coefficient (Wildman–Crippen LogP) is 4.66. The molecule has 0 aliphatic rings. The molecule has 100 valence electrons. The van der Waals surface area contributed by atoms with Gasteiger partial charge in [0.2, 0.25) is 0 Å². The highest BCUT2D eigenvalue weighted by Gasteiger charge is 2.25. The van der Waals surface area contributed by atoms with E-state index in [2.05, 4.69) is 15.9 Å². The van der Waals surface area contributed by atoms with E-state index >= 15 is 0 Å². The lowest BCUT2D eigenvalue weighted by molar-refractivity contribution is 0.473. The van der Waals surface area contributed by atoms with Gasteiger partial charge in [0, 0.05) is 10.0 Å². The summed E-state index contributed by atoms with van der Waals surface area (Å²) < 4.78 is 14.9. The summed E-state index contributed by atoms with van der Waals surface area (Å²) in [5.74, 6) is -0.395. The number of halogens is 3. The van der Waals surface area contributed by atoms with Gasteiger partial charge in [0.15, 0.2) is 0 Å². The summed E-state index contributed by atoms with van der Waals surface area (Å²) >= 11 is 9.27. The fourth-order valence-corrected chi connectivity index (χ4v) is 3.03.